The first kappa shape index (κ1) is 37.0. The SMILES string of the molecule is COc1ccc(S(=O)(=O)N(CC(=O)N(Cc2ccccc2F)C(Cc2ccccc2)C(=O)NC(C)C)c2cc(Cl)ccc2OC)cc1OC. The second-order valence-electron chi connectivity index (χ2n) is 11.3. The molecule has 1 N–H and O–H groups in total. The van der Waals surface area contributed by atoms with Gasteiger partial charge in [-0.25, -0.2) is 12.8 Å². The van der Waals surface area contributed by atoms with Crippen LogP contribution in [0.1, 0.15) is 25.0 Å². The van der Waals surface area contributed by atoms with E-state index in [0.717, 1.165) is 9.87 Å². The Bertz CT molecular complexity index is 1880. The molecule has 0 aromatic heterocycles. The van der Waals surface area contributed by atoms with Crippen molar-refractivity contribution in [1.29, 1.82) is 0 Å². The zero-order chi connectivity index (χ0) is 35.7. The summed E-state index contributed by atoms with van der Waals surface area (Å²) < 4.78 is 61.2. The number of nitrogens with one attached hydrogen (secondary N) is 1. The van der Waals surface area contributed by atoms with Gasteiger partial charge in [0.2, 0.25) is 11.8 Å². The highest BCUT2D eigenvalue weighted by Gasteiger charge is 2.36. The van der Waals surface area contributed by atoms with Gasteiger partial charge in [-0.05, 0) is 55.8 Å². The van der Waals surface area contributed by atoms with E-state index in [1.54, 1.807) is 32.0 Å². The Morgan fingerprint density at radius 3 is 2.10 bits per heavy atom. The van der Waals surface area contributed by atoms with E-state index < -0.39 is 40.2 Å². The first-order valence-electron chi connectivity index (χ1n) is 15.3. The van der Waals surface area contributed by atoms with E-state index in [-0.39, 0.29) is 51.7 Å². The lowest BCUT2D eigenvalue weighted by molar-refractivity contribution is -0.140. The minimum Gasteiger partial charge on any atom is -0.495 e. The molecule has 0 aliphatic carbocycles. The lowest BCUT2D eigenvalue weighted by Crippen LogP contribution is -2.54. The zero-order valence-corrected chi connectivity index (χ0v) is 29.4. The molecule has 4 rings (SSSR count). The smallest absolute Gasteiger partial charge is 0.265 e. The molecule has 0 saturated carbocycles. The quantitative estimate of drug-likeness (QED) is 0.164. The number of carbonyl (C=O) groups excluding carboxylic acids is 2. The van der Waals surface area contributed by atoms with Gasteiger partial charge in [0.1, 0.15) is 24.2 Å². The topological polar surface area (TPSA) is 114 Å². The molecule has 0 aliphatic heterocycles. The summed E-state index contributed by atoms with van der Waals surface area (Å²) >= 11 is 6.35. The van der Waals surface area contributed by atoms with Gasteiger partial charge in [0.05, 0.1) is 31.9 Å². The Morgan fingerprint density at radius 2 is 1.47 bits per heavy atom. The lowest BCUT2D eigenvalue weighted by Gasteiger charge is -2.34. The molecule has 2 amide bonds. The molecule has 13 heteroatoms. The summed E-state index contributed by atoms with van der Waals surface area (Å²) in [5.74, 6) is -1.32. The molecule has 0 fully saturated rings. The highest BCUT2D eigenvalue weighted by atomic mass is 35.5. The molecule has 10 nitrogen and oxygen atoms in total. The van der Waals surface area contributed by atoms with Gasteiger partial charge in [0, 0.05) is 35.7 Å². The molecule has 0 radical (unpaired) electrons. The molecular weight excluding hydrogens is 673 g/mol. The monoisotopic (exact) mass is 711 g/mol. The summed E-state index contributed by atoms with van der Waals surface area (Å²) in [5.41, 5.74) is 0.847. The summed E-state index contributed by atoms with van der Waals surface area (Å²) in [4.78, 5) is 29.5. The maximum atomic E-state index is 15.1. The standard InChI is InChI=1S/C36H39ClFN3O7S/c1-24(2)39-36(43)31(19-25-11-7-6-8-12-25)40(22-26-13-9-10-14-29(26)38)35(42)23-41(30-20-27(37)15-17-32(30)46-3)49(44,45)28-16-18-33(47-4)34(21-28)48-5/h6-18,20-21,24,31H,19,22-23H2,1-5H3,(H,39,43). The molecule has 0 aliphatic rings. The number of sulfonamides is 1. The highest BCUT2D eigenvalue weighted by molar-refractivity contribution is 7.92. The van der Waals surface area contributed by atoms with Gasteiger partial charge in [-0.3, -0.25) is 13.9 Å². The first-order chi connectivity index (χ1) is 23.4. The van der Waals surface area contributed by atoms with Crippen molar-refractivity contribution < 1.29 is 36.6 Å². The molecule has 0 saturated heterocycles. The third-order valence-electron chi connectivity index (χ3n) is 7.63. The van der Waals surface area contributed by atoms with E-state index in [1.165, 1.54) is 80.8 Å². The Balaban J connectivity index is 1.89. The van der Waals surface area contributed by atoms with E-state index in [1.807, 2.05) is 18.2 Å². The first-order valence-corrected chi connectivity index (χ1v) is 17.2. The number of rotatable bonds is 15. The molecule has 4 aromatic rings. The Hall–Kier alpha value is -4.81. The van der Waals surface area contributed by atoms with E-state index in [9.17, 15) is 18.0 Å². The van der Waals surface area contributed by atoms with Crippen LogP contribution in [0, 0.1) is 5.82 Å². The second-order valence-corrected chi connectivity index (χ2v) is 13.6. The third-order valence-corrected chi connectivity index (χ3v) is 9.62. The summed E-state index contributed by atoms with van der Waals surface area (Å²) in [6.45, 7) is 2.43. The van der Waals surface area contributed by atoms with Gasteiger partial charge in [-0.1, -0.05) is 60.1 Å². The number of ether oxygens (including phenoxy) is 3. The van der Waals surface area contributed by atoms with Crippen LogP contribution in [0.5, 0.6) is 17.2 Å². The second kappa shape index (κ2) is 16.5. The number of benzene rings is 4. The Kier molecular flexibility index (Phi) is 12.5. The van der Waals surface area contributed by atoms with Gasteiger partial charge in [0.15, 0.2) is 11.5 Å². The number of hydrogen-bond acceptors (Lipinski definition) is 7. The maximum absolute atomic E-state index is 15.1. The summed E-state index contributed by atoms with van der Waals surface area (Å²) in [7, 11) is -0.422. The average molecular weight is 712 g/mol. The van der Waals surface area contributed by atoms with E-state index >= 15 is 4.39 Å². The van der Waals surface area contributed by atoms with Crippen molar-refractivity contribution >= 4 is 39.1 Å². The molecular formula is C36H39ClFN3O7S. The zero-order valence-electron chi connectivity index (χ0n) is 27.9. The van der Waals surface area contributed by atoms with Crippen LogP contribution >= 0.6 is 11.6 Å². The number of nitrogens with zero attached hydrogens (tertiary/aromatic N) is 2. The van der Waals surface area contributed by atoms with Gasteiger partial charge in [0.25, 0.3) is 10.0 Å². The van der Waals surface area contributed by atoms with Gasteiger partial charge < -0.3 is 24.4 Å². The van der Waals surface area contributed by atoms with E-state index in [0.29, 0.717) is 5.75 Å². The number of methoxy groups -OCH3 is 3. The maximum Gasteiger partial charge on any atom is 0.265 e. The normalized spacial score (nSPS) is 11.8. The van der Waals surface area contributed by atoms with Crippen LogP contribution in [0.2, 0.25) is 5.02 Å². The third kappa shape index (κ3) is 9.01. The molecule has 0 bridgehead atoms. The van der Waals surface area contributed by atoms with Gasteiger partial charge in [-0.2, -0.15) is 0 Å². The van der Waals surface area contributed by atoms with E-state index in [2.05, 4.69) is 5.32 Å². The average Bonchev–Trinajstić information content (AvgIpc) is 3.09. The predicted molar refractivity (Wildman–Crippen MR) is 186 cm³/mol. The Morgan fingerprint density at radius 1 is 0.837 bits per heavy atom. The molecule has 4 aromatic carbocycles. The number of carbonyl (C=O) groups is 2. The minimum absolute atomic E-state index is 0.0322. The van der Waals surface area contributed by atoms with Gasteiger partial charge in [-0.15, -0.1) is 0 Å². The fraction of sp³-hybridized carbons (Fsp3) is 0.278. The largest absolute Gasteiger partial charge is 0.495 e. The van der Waals surface area contributed by atoms with Crippen LogP contribution < -0.4 is 23.8 Å². The molecule has 1 unspecified atom stereocenters. The van der Waals surface area contributed by atoms with Crippen molar-refractivity contribution in [2.24, 2.45) is 0 Å². The van der Waals surface area contributed by atoms with Crippen LogP contribution in [0.4, 0.5) is 10.1 Å². The van der Waals surface area contributed by atoms with Crippen LogP contribution in [-0.2, 0) is 32.6 Å². The van der Waals surface area contributed by atoms with Crippen molar-refractivity contribution in [3.63, 3.8) is 0 Å². The Labute approximate surface area is 291 Å². The van der Waals surface area contributed by atoms with Crippen molar-refractivity contribution in [2.75, 3.05) is 32.2 Å². The lowest BCUT2D eigenvalue weighted by atomic mass is 10.0. The van der Waals surface area contributed by atoms with Crippen molar-refractivity contribution in [2.45, 2.75) is 43.8 Å². The van der Waals surface area contributed by atoms with Crippen LogP contribution in [0.3, 0.4) is 0 Å². The van der Waals surface area contributed by atoms with Crippen LogP contribution in [0.25, 0.3) is 0 Å². The molecule has 0 heterocycles. The molecule has 49 heavy (non-hydrogen) atoms. The highest BCUT2D eigenvalue weighted by Crippen LogP contribution is 2.37. The molecule has 0 spiro atoms. The van der Waals surface area contributed by atoms with Gasteiger partial charge >= 0.3 is 0 Å². The molecule has 1 atom stereocenters. The van der Waals surface area contributed by atoms with Crippen molar-refractivity contribution in [3.05, 3.63) is 113 Å². The number of hydrogen-bond donors (Lipinski definition) is 1. The number of amides is 2. The van der Waals surface area contributed by atoms with Crippen molar-refractivity contribution in [3.8, 4) is 17.2 Å². The van der Waals surface area contributed by atoms with Crippen LogP contribution in [-0.4, -0.2) is 65.1 Å². The summed E-state index contributed by atoms with van der Waals surface area (Å²) in [6, 6.07) is 21.9. The van der Waals surface area contributed by atoms with Crippen molar-refractivity contribution in [1.82, 2.24) is 10.2 Å². The fourth-order valence-corrected chi connectivity index (χ4v) is 6.82. The summed E-state index contributed by atoms with van der Waals surface area (Å²) in [5, 5.41) is 3.05. The van der Waals surface area contributed by atoms with Crippen LogP contribution in [0.15, 0.2) is 95.9 Å². The summed E-state index contributed by atoms with van der Waals surface area (Å²) in [6.07, 6.45) is 0.0719. The number of halogens is 2. The molecule has 260 valence electrons. The van der Waals surface area contributed by atoms with E-state index in [4.69, 9.17) is 25.8 Å². The fourth-order valence-electron chi connectivity index (χ4n) is 5.22. The number of anilines is 1. The minimum atomic E-state index is -4.56. The predicted octanol–water partition coefficient (Wildman–Crippen LogP) is 5.86.